The molecule has 0 fully saturated rings. The van der Waals surface area contributed by atoms with Crippen LogP contribution in [0.15, 0.2) is 17.7 Å². The van der Waals surface area contributed by atoms with Gasteiger partial charge in [-0.2, -0.15) is 5.10 Å². The van der Waals surface area contributed by atoms with Gasteiger partial charge in [0.2, 0.25) is 0 Å². The Bertz CT molecular complexity index is 431. The van der Waals surface area contributed by atoms with Gasteiger partial charge < -0.3 is 5.32 Å². The molecule has 0 aliphatic heterocycles. The van der Waals surface area contributed by atoms with Crippen LogP contribution in [0.3, 0.4) is 0 Å². The van der Waals surface area contributed by atoms with Crippen LogP contribution in [0.5, 0.6) is 0 Å². The van der Waals surface area contributed by atoms with Gasteiger partial charge in [-0.15, -0.1) is 0 Å². The number of allylic oxidation sites excluding steroid dienone is 1. The smallest absolute Gasteiger partial charge is 0.0705 e. The first kappa shape index (κ1) is 14.3. The van der Waals surface area contributed by atoms with Gasteiger partial charge in [-0.1, -0.05) is 31.4 Å². The zero-order chi connectivity index (χ0) is 13.7. The third kappa shape index (κ3) is 3.47. The van der Waals surface area contributed by atoms with E-state index < -0.39 is 0 Å². The molecule has 0 bridgehead atoms. The van der Waals surface area contributed by atoms with E-state index in [0.29, 0.717) is 6.04 Å². The van der Waals surface area contributed by atoms with Gasteiger partial charge in [0.15, 0.2) is 0 Å². The molecule has 0 aromatic carbocycles. The van der Waals surface area contributed by atoms with Crippen LogP contribution < -0.4 is 5.32 Å². The largest absolute Gasteiger partial charge is 0.308 e. The Hall–Kier alpha value is -1.09. The van der Waals surface area contributed by atoms with Crippen molar-refractivity contribution in [1.82, 2.24) is 15.1 Å². The molecule has 1 atom stereocenters. The third-order valence-electron chi connectivity index (χ3n) is 4.11. The van der Waals surface area contributed by atoms with E-state index >= 15 is 0 Å². The van der Waals surface area contributed by atoms with E-state index in [-0.39, 0.29) is 0 Å². The summed E-state index contributed by atoms with van der Waals surface area (Å²) in [6, 6.07) is 2.58. The minimum absolute atomic E-state index is 0.330. The van der Waals surface area contributed by atoms with E-state index in [1.54, 1.807) is 5.57 Å². The van der Waals surface area contributed by atoms with E-state index in [4.69, 9.17) is 0 Å². The molecule has 1 unspecified atom stereocenters. The van der Waals surface area contributed by atoms with Crippen LogP contribution in [-0.2, 0) is 13.5 Å². The Balaban J connectivity index is 2.24. The Morgan fingerprint density at radius 1 is 1.32 bits per heavy atom. The summed E-state index contributed by atoms with van der Waals surface area (Å²) in [5.41, 5.74) is 4.03. The molecule has 0 saturated carbocycles. The maximum atomic E-state index is 4.58. The molecule has 3 nitrogen and oxygen atoms in total. The molecular formula is C16H27N3. The van der Waals surface area contributed by atoms with Gasteiger partial charge in [-0.3, -0.25) is 4.68 Å². The lowest BCUT2D eigenvalue weighted by molar-refractivity contribution is 0.545. The molecule has 1 aromatic heterocycles. The fraction of sp³-hybridized carbons (Fsp3) is 0.688. The topological polar surface area (TPSA) is 29.9 Å². The Labute approximate surface area is 117 Å². The number of nitrogens with zero attached hydrogens (tertiary/aromatic N) is 2. The van der Waals surface area contributed by atoms with Crippen molar-refractivity contribution in [2.75, 3.05) is 7.05 Å². The van der Waals surface area contributed by atoms with Crippen molar-refractivity contribution < 1.29 is 0 Å². The second-order valence-electron chi connectivity index (χ2n) is 5.49. The first-order valence-electron chi connectivity index (χ1n) is 7.65. The molecule has 3 heteroatoms. The number of rotatable bonds is 4. The Kier molecular flexibility index (Phi) is 5.20. The summed E-state index contributed by atoms with van der Waals surface area (Å²) in [5.74, 6) is 0. The number of nitrogens with one attached hydrogen (secondary N) is 1. The van der Waals surface area contributed by atoms with Crippen LogP contribution in [0.2, 0.25) is 0 Å². The second-order valence-corrected chi connectivity index (χ2v) is 5.49. The van der Waals surface area contributed by atoms with Gasteiger partial charge in [0, 0.05) is 7.05 Å². The van der Waals surface area contributed by atoms with Gasteiger partial charge >= 0.3 is 0 Å². The Morgan fingerprint density at radius 3 is 2.79 bits per heavy atom. The SMILES string of the molecule is CCc1cc(C(NC)/C2=C/CCCCCC2)n(C)n1. The molecule has 0 saturated heterocycles. The summed E-state index contributed by atoms with van der Waals surface area (Å²) in [6.07, 6.45) is 11.3. The van der Waals surface area contributed by atoms with Crippen molar-refractivity contribution in [2.45, 2.75) is 57.9 Å². The highest BCUT2D eigenvalue weighted by Gasteiger charge is 2.19. The summed E-state index contributed by atoms with van der Waals surface area (Å²) >= 11 is 0. The van der Waals surface area contributed by atoms with Gasteiger partial charge in [0.25, 0.3) is 0 Å². The number of aromatic nitrogens is 2. The van der Waals surface area contributed by atoms with Gasteiger partial charge in [-0.25, -0.2) is 0 Å². The number of hydrogen-bond donors (Lipinski definition) is 1. The summed E-state index contributed by atoms with van der Waals surface area (Å²) in [5, 5.41) is 8.07. The standard InChI is InChI=1S/C16H27N3/c1-4-14-12-15(19(3)18-14)16(17-2)13-10-8-6-5-7-9-11-13/h10,12,16-17H,4-9,11H2,1-3H3/b13-10+. The highest BCUT2D eigenvalue weighted by Crippen LogP contribution is 2.28. The van der Waals surface area contributed by atoms with Gasteiger partial charge in [-0.05, 0) is 45.2 Å². The van der Waals surface area contributed by atoms with Crippen molar-refractivity contribution in [3.63, 3.8) is 0 Å². The second kappa shape index (κ2) is 6.90. The van der Waals surface area contributed by atoms with E-state index in [1.807, 2.05) is 4.68 Å². The zero-order valence-electron chi connectivity index (χ0n) is 12.6. The Morgan fingerprint density at radius 2 is 2.11 bits per heavy atom. The van der Waals surface area contributed by atoms with Crippen molar-refractivity contribution in [3.8, 4) is 0 Å². The molecule has 2 rings (SSSR count). The molecule has 0 spiro atoms. The van der Waals surface area contributed by atoms with Gasteiger partial charge in [0.1, 0.15) is 0 Å². The fourth-order valence-corrected chi connectivity index (χ4v) is 2.99. The average molecular weight is 261 g/mol. The van der Waals surface area contributed by atoms with Gasteiger partial charge in [0.05, 0.1) is 17.4 Å². The monoisotopic (exact) mass is 261 g/mol. The molecule has 0 radical (unpaired) electrons. The molecule has 106 valence electrons. The molecule has 0 amide bonds. The molecule has 1 aliphatic rings. The van der Waals surface area contributed by atoms with E-state index in [9.17, 15) is 0 Å². The van der Waals surface area contributed by atoms with Crippen molar-refractivity contribution >= 4 is 0 Å². The van der Waals surface area contributed by atoms with Crippen LogP contribution in [0.1, 0.15) is 62.9 Å². The lowest BCUT2D eigenvalue weighted by Crippen LogP contribution is -2.22. The number of hydrogen-bond acceptors (Lipinski definition) is 2. The van der Waals surface area contributed by atoms with Crippen molar-refractivity contribution in [2.24, 2.45) is 7.05 Å². The lowest BCUT2D eigenvalue weighted by Gasteiger charge is -2.22. The first-order valence-corrected chi connectivity index (χ1v) is 7.65. The number of likely N-dealkylation sites (N-methyl/N-ethyl adjacent to an activating group) is 1. The summed E-state index contributed by atoms with van der Waals surface area (Å²) in [4.78, 5) is 0. The minimum atomic E-state index is 0.330. The van der Waals surface area contributed by atoms with Crippen LogP contribution >= 0.6 is 0 Å². The van der Waals surface area contributed by atoms with E-state index in [0.717, 1.165) is 6.42 Å². The maximum Gasteiger partial charge on any atom is 0.0705 e. The fourth-order valence-electron chi connectivity index (χ4n) is 2.99. The lowest BCUT2D eigenvalue weighted by atomic mass is 9.93. The molecule has 1 aliphatic carbocycles. The molecular weight excluding hydrogens is 234 g/mol. The highest BCUT2D eigenvalue weighted by molar-refractivity contribution is 5.25. The molecule has 19 heavy (non-hydrogen) atoms. The molecule has 1 N–H and O–H groups in total. The normalized spacial score (nSPS) is 21.3. The summed E-state index contributed by atoms with van der Waals surface area (Å²) in [7, 11) is 4.12. The summed E-state index contributed by atoms with van der Waals surface area (Å²) < 4.78 is 2.04. The predicted molar refractivity (Wildman–Crippen MR) is 80.2 cm³/mol. The van der Waals surface area contributed by atoms with Crippen molar-refractivity contribution in [1.29, 1.82) is 0 Å². The van der Waals surface area contributed by atoms with E-state index in [2.05, 4.69) is 43.6 Å². The predicted octanol–water partition coefficient (Wildman–Crippen LogP) is 3.52. The maximum absolute atomic E-state index is 4.58. The van der Waals surface area contributed by atoms with Crippen LogP contribution in [-0.4, -0.2) is 16.8 Å². The zero-order valence-corrected chi connectivity index (χ0v) is 12.6. The van der Waals surface area contributed by atoms with Crippen LogP contribution in [0.4, 0.5) is 0 Å². The number of aryl methyl sites for hydroxylation is 2. The van der Waals surface area contributed by atoms with Crippen LogP contribution in [0.25, 0.3) is 0 Å². The highest BCUT2D eigenvalue weighted by atomic mass is 15.3. The third-order valence-corrected chi connectivity index (χ3v) is 4.11. The van der Waals surface area contributed by atoms with Crippen LogP contribution in [0, 0.1) is 0 Å². The summed E-state index contributed by atoms with van der Waals surface area (Å²) in [6.45, 7) is 2.16. The quantitative estimate of drug-likeness (QED) is 0.840. The first-order chi connectivity index (χ1) is 9.26. The molecule has 1 heterocycles. The average Bonchev–Trinajstić information content (AvgIpc) is 2.74. The van der Waals surface area contributed by atoms with Crippen molar-refractivity contribution in [3.05, 3.63) is 29.1 Å². The minimum Gasteiger partial charge on any atom is -0.308 e. The van der Waals surface area contributed by atoms with E-state index in [1.165, 1.54) is 49.9 Å². The molecule has 1 aromatic rings.